The van der Waals surface area contributed by atoms with Crippen LogP contribution in [0.4, 0.5) is 0 Å². The molecule has 12 heavy (non-hydrogen) atoms. The summed E-state index contributed by atoms with van der Waals surface area (Å²) < 4.78 is 4.65. The highest BCUT2D eigenvalue weighted by molar-refractivity contribution is 5.87. The van der Waals surface area contributed by atoms with Gasteiger partial charge in [-0.1, -0.05) is 0 Å². The number of carbonyl (C=O) groups is 2. The van der Waals surface area contributed by atoms with Crippen molar-refractivity contribution >= 4 is 11.8 Å². The summed E-state index contributed by atoms with van der Waals surface area (Å²) in [4.78, 5) is 22.4. The molecule has 0 spiro atoms. The minimum Gasteiger partial charge on any atom is -0.469 e. The molecule has 0 unspecified atom stereocenters. The zero-order chi connectivity index (χ0) is 9.19. The van der Waals surface area contributed by atoms with E-state index in [0.717, 1.165) is 12.8 Å². The van der Waals surface area contributed by atoms with Gasteiger partial charge in [-0.2, -0.15) is 0 Å². The Kier molecular flexibility index (Phi) is 2.50. The number of hydrogen-bond acceptors (Lipinski definition) is 3. The predicted octanol–water partition coefficient (Wildman–Crippen LogP) is 1.31. The molecule has 0 radical (unpaired) electrons. The van der Waals surface area contributed by atoms with Crippen molar-refractivity contribution in [3.8, 4) is 0 Å². The van der Waals surface area contributed by atoms with Crippen molar-refractivity contribution in [3.63, 3.8) is 0 Å². The summed E-state index contributed by atoms with van der Waals surface area (Å²) in [7, 11) is 1.37. The second-order valence-corrected chi connectivity index (χ2v) is 3.62. The molecule has 1 atom stereocenters. The van der Waals surface area contributed by atoms with Crippen LogP contribution in [0.5, 0.6) is 0 Å². The molecule has 1 aliphatic carbocycles. The number of Topliss-reactive ketones (excluding diaryl/α,β-unsaturated/α-hetero) is 1. The van der Waals surface area contributed by atoms with Crippen molar-refractivity contribution in [1.29, 1.82) is 0 Å². The maximum Gasteiger partial charge on any atom is 0.311 e. The maximum absolute atomic E-state index is 11.3. The lowest BCUT2D eigenvalue weighted by Crippen LogP contribution is -2.34. The lowest BCUT2D eigenvalue weighted by molar-refractivity contribution is -0.155. The number of esters is 1. The van der Waals surface area contributed by atoms with Crippen LogP contribution in [0.2, 0.25) is 0 Å². The van der Waals surface area contributed by atoms with Crippen LogP contribution < -0.4 is 0 Å². The van der Waals surface area contributed by atoms with Gasteiger partial charge in [-0.25, -0.2) is 0 Å². The molecule has 0 saturated heterocycles. The Hall–Kier alpha value is -0.860. The van der Waals surface area contributed by atoms with Gasteiger partial charge in [0.1, 0.15) is 5.78 Å². The topological polar surface area (TPSA) is 43.4 Å². The summed E-state index contributed by atoms with van der Waals surface area (Å²) in [6, 6.07) is 0. The molecule has 3 nitrogen and oxygen atoms in total. The van der Waals surface area contributed by atoms with E-state index < -0.39 is 5.41 Å². The van der Waals surface area contributed by atoms with E-state index in [9.17, 15) is 9.59 Å². The molecule has 0 aromatic carbocycles. The highest BCUT2D eigenvalue weighted by atomic mass is 16.5. The van der Waals surface area contributed by atoms with Crippen molar-refractivity contribution < 1.29 is 14.3 Å². The summed E-state index contributed by atoms with van der Waals surface area (Å²) in [5.74, 6) is -0.0790. The van der Waals surface area contributed by atoms with E-state index in [-0.39, 0.29) is 11.8 Å². The minimum atomic E-state index is -0.552. The largest absolute Gasteiger partial charge is 0.469 e. The van der Waals surface area contributed by atoms with Crippen molar-refractivity contribution in [2.45, 2.75) is 32.6 Å². The molecule has 1 fully saturated rings. The Morgan fingerprint density at radius 1 is 1.58 bits per heavy atom. The average Bonchev–Trinajstić information content (AvgIpc) is 2.02. The number of rotatable bonds is 1. The van der Waals surface area contributed by atoms with Crippen LogP contribution in [0.15, 0.2) is 0 Å². The van der Waals surface area contributed by atoms with Crippen LogP contribution in [0.25, 0.3) is 0 Å². The van der Waals surface area contributed by atoms with Crippen molar-refractivity contribution in [3.05, 3.63) is 0 Å². The molecule has 3 heteroatoms. The van der Waals surface area contributed by atoms with E-state index in [4.69, 9.17) is 0 Å². The van der Waals surface area contributed by atoms with E-state index in [1.807, 2.05) is 0 Å². The van der Waals surface area contributed by atoms with Gasteiger partial charge in [0.25, 0.3) is 0 Å². The first-order valence-electron chi connectivity index (χ1n) is 4.18. The molecular weight excluding hydrogens is 156 g/mol. The molecule has 0 aromatic rings. The van der Waals surface area contributed by atoms with Crippen molar-refractivity contribution in [2.24, 2.45) is 5.41 Å². The monoisotopic (exact) mass is 170 g/mol. The van der Waals surface area contributed by atoms with Gasteiger partial charge in [-0.3, -0.25) is 9.59 Å². The number of ether oxygens (including phenoxy) is 1. The number of hydrogen-bond donors (Lipinski definition) is 0. The highest BCUT2D eigenvalue weighted by Gasteiger charge is 2.38. The first-order valence-corrected chi connectivity index (χ1v) is 4.18. The van der Waals surface area contributed by atoms with Crippen molar-refractivity contribution in [1.82, 2.24) is 0 Å². The zero-order valence-electron chi connectivity index (χ0n) is 7.55. The van der Waals surface area contributed by atoms with Crippen LogP contribution in [0, 0.1) is 5.41 Å². The van der Waals surface area contributed by atoms with E-state index >= 15 is 0 Å². The van der Waals surface area contributed by atoms with Gasteiger partial charge in [-0.05, 0) is 19.8 Å². The highest BCUT2D eigenvalue weighted by Crippen LogP contribution is 2.34. The lowest BCUT2D eigenvalue weighted by Gasteiger charge is -2.29. The van der Waals surface area contributed by atoms with Crippen LogP contribution in [0.1, 0.15) is 32.6 Å². The molecule has 68 valence electrons. The van der Waals surface area contributed by atoms with E-state index in [0.29, 0.717) is 12.8 Å². The van der Waals surface area contributed by atoms with Crippen LogP contribution in [-0.4, -0.2) is 18.9 Å². The standard InChI is InChI=1S/C9H14O3/c1-9(8(11)12-2)5-3-4-7(10)6-9/h3-6H2,1-2H3/t9-/m1/s1. The van der Waals surface area contributed by atoms with Gasteiger partial charge in [-0.15, -0.1) is 0 Å². The Balaban J connectivity index is 2.69. The molecule has 0 aliphatic heterocycles. The average molecular weight is 170 g/mol. The summed E-state index contributed by atoms with van der Waals surface area (Å²) in [5.41, 5.74) is -0.552. The van der Waals surface area contributed by atoms with Gasteiger partial charge in [0.05, 0.1) is 12.5 Å². The lowest BCUT2D eigenvalue weighted by atomic mass is 9.75. The predicted molar refractivity (Wildman–Crippen MR) is 43.6 cm³/mol. The molecule has 0 aromatic heterocycles. The Bertz CT molecular complexity index is 210. The minimum absolute atomic E-state index is 0.175. The van der Waals surface area contributed by atoms with Gasteiger partial charge in [0, 0.05) is 12.8 Å². The first kappa shape index (κ1) is 9.23. The van der Waals surface area contributed by atoms with Gasteiger partial charge >= 0.3 is 5.97 Å². The first-order chi connectivity index (χ1) is 5.58. The number of methoxy groups -OCH3 is 1. The van der Waals surface area contributed by atoms with E-state index in [1.54, 1.807) is 6.92 Å². The van der Waals surface area contributed by atoms with Gasteiger partial charge in [0.15, 0.2) is 0 Å². The zero-order valence-corrected chi connectivity index (χ0v) is 7.55. The number of ketones is 1. The molecule has 0 heterocycles. The fourth-order valence-electron chi connectivity index (χ4n) is 1.71. The summed E-state index contributed by atoms with van der Waals surface area (Å²) in [5, 5.41) is 0. The van der Waals surface area contributed by atoms with E-state index in [1.165, 1.54) is 7.11 Å². The van der Waals surface area contributed by atoms with Crippen molar-refractivity contribution in [2.75, 3.05) is 7.11 Å². The smallest absolute Gasteiger partial charge is 0.311 e. The summed E-state index contributed by atoms with van der Waals surface area (Å²) >= 11 is 0. The molecule has 0 amide bonds. The second-order valence-electron chi connectivity index (χ2n) is 3.62. The summed E-state index contributed by atoms with van der Waals surface area (Å²) in [6.07, 6.45) is 2.54. The SMILES string of the molecule is COC(=O)[C@]1(C)CCCC(=O)C1. The molecule has 0 bridgehead atoms. The Morgan fingerprint density at radius 2 is 2.25 bits per heavy atom. The number of carbonyl (C=O) groups excluding carboxylic acids is 2. The third kappa shape index (κ3) is 1.65. The van der Waals surface area contributed by atoms with Crippen LogP contribution in [0.3, 0.4) is 0 Å². The normalized spacial score (nSPS) is 30.0. The third-order valence-corrected chi connectivity index (χ3v) is 2.45. The molecule has 1 aliphatic rings. The Morgan fingerprint density at radius 3 is 2.75 bits per heavy atom. The summed E-state index contributed by atoms with van der Waals surface area (Å²) in [6.45, 7) is 1.80. The van der Waals surface area contributed by atoms with Gasteiger partial charge in [0.2, 0.25) is 0 Å². The molecule has 1 saturated carbocycles. The molecule has 1 rings (SSSR count). The molecule has 0 N–H and O–H groups in total. The van der Waals surface area contributed by atoms with Gasteiger partial charge < -0.3 is 4.74 Å². The quantitative estimate of drug-likeness (QED) is 0.557. The van der Waals surface area contributed by atoms with Crippen LogP contribution >= 0.6 is 0 Å². The fraction of sp³-hybridized carbons (Fsp3) is 0.778. The molecular formula is C9H14O3. The maximum atomic E-state index is 11.3. The second kappa shape index (κ2) is 3.25. The van der Waals surface area contributed by atoms with E-state index in [2.05, 4.69) is 4.74 Å². The van der Waals surface area contributed by atoms with Crippen LogP contribution in [-0.2, 0) is 14.3 Å². The fourth-order valence-corrected chi connectivity index (χ4v) is 1.71. The Labute approximate surface area is 72.1 Å². The third-order valence-electron chi connectivity index (χ3n) is 2.45.